The lowest BCUT2D eigenvalue weighted by atomic mass is 9.94. The number of hydrogen-bond donors (Lipinski definition) is 1. The summed E-state index contributed by atoms with van der Waals surface area (Å²) in [5, 5.41) is 4.09. The number of hydrogen-bond acceptors (Lipinski definition) is 4. The molecule has 0 aliphatic heterocycles. The zero-order chi connectivity index (χ0) is 33.4. The van der Waals surface area contributed by atoms with Crippen molar-refractivity contribution in [1.29, 1.82) is 0 Å². The maximum Gasteiger partial charge on any atom is 0.264 e. The second-order valence-corrected chi connectivity index (χ2v) is 14.8. The molecule has 11 heteroatoms. The van der Waals surface area contributed by atoms with Gasteiger partial charge in [-0.25, -0.2) is 8.42 Å². The molecule has 2 amide bonds. The van der Waals surface area contributed by atoms with Gasteiger partial charge in [0.2, 0.25) is 11.8 Å². The number of rotatable bonds is 12. The number of benzene rings is 4. The molecule has 0 heterocycles. The summed E-state index contributed by atoms with van der Waals surface area (Å²) in [6.07, 6.45) is 5.12. The molecular weight excluding hydrogens is 677 g/mol. The van der Waals surface area contributed by atoms with E-state index in [0.717, 1.165) is 42.0 Å². The fourth-order valence-electron chi connectivity index (χ4n) is 5.86. The quantitative estimate of drug-likeness (QED) is 0.162. The third-order valence-corrected chi connectivity index (χ3v) is 10.7. The molecule has 0 bridgehead atoms. The SMILES string of the molecule is O=C(NC1CCCCC1)C(Cc1ccccc1)N(Cc1cccc(Cl)c1)C(=O)CN(c1cc(Cl)cc(Cl)c1)S(=O)(=O)c1ccccc1. The van der Waals surface area contributed by atoms with E-state index >= 15 is 0 Å². The Morgan fingerprint density at radius 2 is 1.36 bits per heavy atom. The molecule has 1 N–H and O–H groups in total. The van der Waals surface area contributed by atoms with Gasteiger partial charge in [-0.2, -0.15) is 0 Å². The van der Waals surface area contributed by atoms with Crippen molar-refractivity contribution in [3.63, 3.8) is 0 Å². The van der Waals surface area contributed by atoms with Crippen LogP contribution in [-0.2, 0) is 32.6 Å². The van der Waals surface area contributed by atoms with Crippen LogP contribution in [0.2, 0.25) is 15.1 Å². The van der Waals surface area contributed by atoms with Gasteiger partial charge in [-0.3, -0.25) is 13.9 Å². The molecule has 1 atom stereocenters. The summed E-state index contributed by atoms with van der Waals surface area (Å²) in [6.45, 7) is -0.596. The average molecular weight is 713 g/mol. The summed E-state index contributed by atoms with van der Waals surface area (Å²) >= 11 is 19.0. The zero-order valence-corrected chi connectivity index (χ0v) is 28.8. The molecule has 0 aromatic heterocycles. The third-order valence-electron chi connectivity index (χ3n) is 8.21. The van der Waals surface area contributed by atoms with E-state index in [2.05, 4.69) is 5.32 Å². The standard InChI is InChI=1S/C36H36Cl3N3O4S/c37-28-14-10-13-27(19-28)24-41(34(20-26-11-4-1-5-12-26)36(44)40-31-15-6-2-7-16-31)35(43)25-42(32-22-29(38)21-30(39)23-32)47(45,46)33-17-8-3-9-18-33/h1,3-5,8-14,17-19,21-23,31,34H,2,6-7,15-16,20,24-25H2,(H,40,44). The van der Waals surface area contributed by atoms with E-state index < -0.39 is 28.5 Å². The molecule has 1 aliphatic rings. The molecule has 1 unspecified atom stereocenters. The Kier molecular flexibility index (Phi) is 11.9. The Bertz CT molecular complexity index is 1770. The topological polar surface area (TPSA) is 86.8 Å². The van der Waals surface area contributed by atoms with Crippen molar-refractivity contribution < 1.29 is 18.0 Å². The molecular formula is C36H36Cl3N3O4S. The van der Waals surface area contributed by atoms with E-state index in [9.17, 15) is 18.0 Å². The molecule has 4 aromatic rings. The Labute approximate surface area is 291 Å². The monoisotopic (exact) mass is 711 g/mol. The molecule has 0 radical (unpaired) electrons. The number of carbonyl (C=O) groups excluding carboxylic acids is 2. The average Bonchev–Trinajstić information content (AvgIpc) is 3.06. The third kappa shape index (κ3) is 9.29. The van der Waals surface area contributed by atoms with Crippen molar-refractivity contribution in [3.8, 4) is 0 Å². The van der Waals surface area contributed by atoms with Crippen molar-refractivity contribution >= 4 is 62.3 Å². The number of sulfonamides is 1. The minimum Gasteiger partial charge on any atom is -0.352 e. The fourth-order valence-corrected chi connectivity index (χ4v) is 8.01. The lowest BCUT2D eigenvalue weighted by Gasteiger charge is -2.35. The smallest absolute Gasteiger partial charge is 0.264 e. The lowest BCUT2D eigenvalue weighted by molar-refractivity contribution is -0.140. The summed E-state index contributed by atoms with van der Waals surface area (Å²) < 4.78 is 29.3. The predicted molar refractivity (Wildman–Crippen MR) is 188 cm³/mol. The highest BCUT2D eigenvalue weighted by atomic mass is 35.5. The van der Waals surface area contributed by atoms with E-state index in [0.29, 0.717) is 10.6 Å². The van der Waals surface area contributed by atoms with E-state index in [4.69, 9.17) is 34.8 Å². The van der Waals surface area contributed by atoms with Gasteiger partial charge in [-0.1, -0.05) is 115 Å². The van der Waals surface area contributed by atoms with E-state index in [1.54, 1.807) is 36.4 Å². The summed E-state index contributed by atoms with van der Waals surface area (Å²) in [6, 6.07) is 27.8. The van der Waals surface area contributed by atoms with Gasteiger partial charge >= 0.3 is 0 Å². The largest absolute Gasteiger partial charge is 0.352 e. The second-order valence-electron chi connectivity index (χ2n) is 11.7. The lowest BCUT2D eigenvalue weighted by Crippen LogP contribution is -2.55. The Morgan fingerprint density at radius 3 is 2.00 bits per heavy atom. The number of carbonyl (C=O) groups is 2. The van der Waals surface area contributed by atoms with Crippen molar-refractivity contribution in [2.75, 3.05) is 10.8 Å². The molecule has 47 heavy (non-hydrogen) atoms. The van der Waals surface area contributed by atoms with Crippen LogP contribution in [-0.4, -0.2) is 43.8 Å². The van der Waals surface area contributed by atoms with Crippen molar-refractivity contribution in [2.24, 2.45) is 0 Å². The van der Waals surface area contributed by atoms with Crippen LogP contribution >= 0.6 is 34.8 Å². The first kappa shape index (κ1) is 34.8. The Balaban J connectivity index is 1.58. The van der Waals surface area contributed by atoms with Gasteiger partial charge in [0.25, 0.3) is 10.0 Å². The highest BCUT2D eigenvalue weighted by molar-refractivity contribution is 7.92. The normalized spacial score (nSPS) is 14.3. The van der Waals surface area contributed by atoms with Crippen LogP contribution < -0.4 is 9.62 Å². The molecule has 0 saturated heterocycles. The Morgan fingerprint density at radius 1 is 0.745 bits per heavy atom. The highest BCUT2D eigenvalue weighted by Gasteiger charge is 2.35. The van der Waals surface area contributed by atoms with Gasteiger partial charge in [-0.15, -0.1) is 0 Å². The maximum atomic E-state index is 14.6. The summed E-state index contributed by atoms with van der Waals surface area (Å²) in [7, 11) is -4.28. The van der Waals surface area contributed by atoms with Crippen LogP contribution in [0.5, 0.6) is 0 Å². The van der Waals surface area contributed by atoms with Crippen molar-refractivity contribution in [1.82, 2.24) is 10.2 Å². The number of nitrogens with one attached hydrogen (secondary N) is 1. The molecule has 246 valence electrons. The van der Waals surface area contributed by atoms with Gasteiger partial charge in [0.15, 0.2) is 0 Å². The van der Waals surface area contributed by atoms with Gasteiger partial charge in [0.05, 0.1) is 10.6 Å². The molecule has 4 aromatic carbocycles. The van der Waals surface area contributed by atoms with Crippen LogP contribution in [0.4, 0.5) is 5.69 Å². The van der Waals surface area contributed by atoms with Gasteiger partial charge in [-0.05, 0) is 66.4 Å². The number of amides is 2. The van der Waals surface area contributed by atoms with Gasteiger partial charge in [0, 0.05) is 34.1 Å². The van der Waals surface area contributed by atoms with E-state index in [-0.39, 0.29) is 45.5 Å². The predicted octanol–water partition coefficient (Wildman–Crippen LogP) is 7.93. The zero-order valence-electron chi connectivity index (χ0n) is 25.7. The van der Waals surface area contributed by atoms with Crippen LogP contribution in [0.25, 0.3) is 0 Å². The Hall–Kier alpha value is -3.56. The molecule has 0 spiro atoms. The summed E-state index contributed by atoms with van der Waals surface area (Å²) in [5.41, 5.74) is 1.67. The van der Waals surface area contributed by atoms with Gasteiger partial charge < -0.3 is 10.2 Å². The van der Waals surface area contributed by atoms with E-state index in [1.165, 1.54) is 35.2 Å². The maximum absolute atomic E-state index is 14.6. The number of nitrogens with zero attached hydrogens (tertiary/aromatic N) is 2. The summed E-state index contributed by atoms with van der Waals surface area (Å²) in [4.78, 5) is 30.3. The fraction of sp³-hybridized carbons (Fsp3) is 0.278. The van der Waals surface area contributed by atoms with Crippen LogP contribution in [0.3, 0.4) is 0 Å². The molecule has 5 rings (SSSR count). The minimum atomic E-state index is -4.28. The van der Waals surface area contributed by atoms with Crippen LogP contribution in [0, 0.1) is 0 Å². The van der Waals surface area contributed by atoms with E-state index in [1.807, 2.05) is 36.4 Å². The first-order valence-corrected chi connectivity index (χ1v) is 18.1. The van der Waals surface area contributed by atoms with Crippen molar-refractivity contribution in [3.05, 3.63) is 129 Å². The second kappa shape index (κ2) is 16.0. The minimum absolute atomic E-state index is 0.00112. The summed E-state index contributed by atoms with van der Waals surface area (Å²) in [5.74, 6) is -0.875. The van der Waals surface area contributed by atoms with Crippen LogP contribution in [0.15, 0.2) is 108 Å². The molecule has 1 saturated carbocycles. The van der Waals surface area contributed by atoms with Crippen LogP contribution in [0.1, 0.15) is 43.2 Å². The number of anilines is 1. The molecule has 7 nitrogen and oxygen atoms in total. The highest BCUT2D eigenvalue weighted by Crippen LogP contribution is 2.30. The van der Waals surface area contributed by atoms with Crippen molar-refractivity contribution in [2.45, 2.75) is 62.0 Å². The molecule has 1 fully saturated rings. The number of halogens is 3. The van der Waals surface area contributed by atoms with Gasteiger partial charge in [0.1, 0.15) is 12.6 Å². The first-order valence-electron chi connectivity index (χ1n) is 15.5. The molecule has 1 aliphatic carbocycles. The first-order chi connectivity index (χ1) is 22.6.